The van der Waals surface area contributed by atoms with Crippen LogP contribution >= 0.6 is 0 Å². The number of hydrogen-bond acceptors (Lipinski definition) is 4. The Hall–Kier alpha value is -2.10. The second kappa shape index (κ2) is 7.95. The number of benzene rings is 1. The molecule has 1 aromatic carbocycles. The van der Waals surface area contributed by atoms with Gasteiger partial charge in [-0.25, -0.2) is 4.98 Å². The molecule has 0 radical (unpaired) electrons. The van der Waals surface area contributed by atoms with Gasteiger partial charge in [-0.2, -0.15) is 4.98 Å². The standard InChI is InChI=1S/C19H28N4/c1-6-7-13-23(5)17-11-12-20-19(21-17)22-18-15(4)9-8-10-16(18)14(2)3/h8-12,14H,6-7,13H2,1-5H3,(H,20,21,22). The average molecular weight is 312 g/mol. The largest absolute Gasteiger partial charge is 0.360 e. The fraction of sp³-hybridized carbons (Fsp3) is 0.474. The summed E-state index contributed by atoms with van der Waals surface area (Å²) in [5.41, 5.74) is 3.62. The van der Waals surface area contributed by atoms with Gasteiger partial charge < -0.3 is 10.2 Å². The molecular formula is C19H28N4. The van der Waals surface area contributed by atoms with Crippen LogP contribution in [0.4, 0.5) is 17.5 Å². The van der Waals surface area contributed by atoms with Gasteiger partial charge in [0.2, 0.25) is 5.95 Å². The summed E-state index contributed by atoms with van der Waals surface area (Å²) in [6, 6.07) is 8.34. The number of hydrogen-bond donors (Lipinski definition) is 1. The summed E-state index contributed by atoms with van der Waals surface area (Å²) in [6.07, 6.45) is 4.17. The van der Waals surface area contributed by atoms with Gasteiger partial charge in [0.1, 0.15) is 5.82 Å². The molecule has 124 valence electrons. The van der Waals surface area contributed by atoms with Gasteiger partial charge >= 0.3 is 0 Å². The molecule has 1 aromatic heterocycles. The van der Waals surface area contributed by atoms with Gasteiger partial charge in [0.05, 0.1) is 0 Å². The van der Waals surface area contributed by atoms with E-state index in [1.54, 1.807) is 0 Å². The summed E-state index contributed by atoms with van der Waals surface area (Å²) in [5, 5.41) is 3.42. The van der Waals surface area contributed by atoms with E-state index in [0.717, 1.165) is 18.1 Å². The van der Waals surface area contributed by atoms with Crippen molar-refractivity contribution in [3.8, 4) is 0 Å². The van der Waals surface area contributed by atoms with E-state index in [0.29, 0.717) is 11.9 Å². The minimum Gasteiger partial charge on any atom is -0.360 e. The molecule has 0 atom stereocenters. The van der Waals surface area contributed by atoms with Crippen LogP contribution in [0.15, 0.2) is 30.5 Å². The summed E-state index contributed by atoms with van der Waals surface area (Å²) in [6.45, 7) is 9.73. The van der Waals surface area contributed by atoms with Gasteiger partial charge in [0, 0.05) is 25.5 Å². The van der Waals surface area contributed by atoms with Crippen molar-refractivity contribution in [3.63, 3.8) is 0 Å². The van der Waals surface area contributed by atoms with Crippen molar-refractivity contribution in [2.75, 3.05) is 23.8 Å². The number of aromatic nitrogens is 2. The van der Waals surface area contributed by atoms with Crippen LogP contribution in [0.1, 0.15) is 50.7 Å². The van der Waals surface area contributed by atoms with E-state index in [1.807, 2.05) is 12.3 Å². The van der Waals surface area contributed by atoms with Crippen LogP contribution in [0.2, 0.25) is 0 Å². The second-order valence-corrected chi connectivity index (χ2v) is 6.33. The molecule has 23 heavy (non-hydrogen) atoms. The Kier molecular flexibility index (Phi) is 5.97. The van der Waals surface area contributed by atoms with Gasteiger partial charge in [-0.05, 0) is 36.5 Å². The van der Waals surface area contributed by atoms with Crippen molar-refractivity contribution in [3.05, 3.63) is 41.6 Å². The van der Waals surface area contributed by atoms with Gasteiger partial charge in [0.25, 0.3) is 0 Å². The quantitative estimate of drug-likeness (QED) is 0.790. The van der Waals surface area contributed by atoms with Gasteiger partial charge in [-0.3, -0.25) is 0 Å². The maximum atomic E-state index is 4.67. The molecule has 0 aliphatic rings. The Bertz CT molecular complexity index is 637. The van der Waals surface area contributed by atoms with Crippen molar-refractivity contribution in [2.45, 2.75) is 46.5 Å². The number of aryl methyl sites for hydroxylation is 1. The molecule has 4 heteroatoms. The van der Waals surface area contributed by atoms with Gasteiger partial charge in [-0.1, -0.05) is 45.4 Å². The van der Waals surface area contributed by atoms with Crippen molar-refractivity contribution < 1.29 is 0 Å². The van der Waals surface area contributed by atoms with Crippen molar-refractivity contribution in [2.24, 2.45) is 0 Å². The van der Waals surface area contributed by atoms with E-state index in [4.69, 9.17) is 0 Å². The van der Waals surface area contributed by atoms with Crippen molar-refractivity contribution in [1.82, 2.24) is 9.97 Å². The van der Waals surface area contributed by atoms with Crippen LogP contribution in [-0.2, 0) is 0 Å². The number of nitrogens with one attached hydrogen (secondary N) is 1. The maximum absolute atomic E-state index is 4.67. The van der Waals surface area contributed by atoms with Crippen molar-refractivity contribution in [1.29, 1.82) is 0 Å². The summed E-state index contributed by atoms with van der Waals surface area (Å²) in [4.78, 5) is 11.2. The fourth-order valence-electron chi connectivity index (χ4n) is 2.59. The normalized spacial score (nSPS) is 10.9. The first-order valence-corrected chi connectivity index (χ1v) is 8.43. The Morgan fingerprint density at radius 2 is 2.00 bits per heavy atom. The molecule has 0 unspecified atom stereocenters. The third kappa shape index (κ3) is 4.44. The van der Waals surface area contributed by atoms with E-state index in [9.17, 15) is 0 Å². The Morgan fingerprint density at radius 1 is 1.22 bits per heavy atom. The molecule has 0 fully saturated rings. The zero-order chi connectivity index (χ0) is 16.8. The van der Waals surface area contributed by atoms with E-state index >= 15 is 0 Å². The van der Waals surface area contributed by atoms with Crippen LogP contribution in [0.3, 0.4) is 0 Å². The van der Waals surface area contributed by atoms with E-state index in [-0.39, 0.29) is 0 Å². The lowest BCUT2D eigenvalue weighted by Crippen LogP contribution is -2.20. The molecule has 0 amide bonds. The first-order valence-electron chi connectivity index (χ1n) is 8.43. The number of anilines is 3. The van der Waals surface area contributed by atoms with E-state index in [1.165, 1.54) is 24.0 Å². The molecular weight excluding hydrogens is 284 g/mol. The molecule has 2 rings (SSSR count). The maximum Gasteiger partial charge on any atom is 0.229 e. The SMILES string of the molecule is CCCCN(C)c1ccnc(Nc2c(C)cccc2C(C)C)n1. The highest BCUT2D eigenvalue weighted by atomic mass is 15.2. The first kappa shape index (κ1) is 17.3. The van der Waals surface area contributed by atoms with Crippen molar-refractivity contribution >= 4 is 17.5 Å². The molecule has 4 nitrogen and oxygen atoms in total. The summed E-state index contributed by atoms with van der Waals surface area (Å²) < 4.78 is 0. The minimum absolute atomic E-state index is 0.452. The smallest absolute Gasteiger partial charge is 0.229 e. The highest BCUT2D eigenvalue weighted by molar-refractivity contribution is 5.64. The molecule has 0 saturated carbocycles. The Morgan fingerprint density at radius 3 is 2.70 bits per heavy atom. The lowest BCUT2D eigenvalue weighted by atomic mass is 9.98. The molecule has 0 aliphatic carbocycles. The summed E-state index contributed by atoms with van der Waals surface area (Å²) in [5.74, 6) is 2.06. The monoisotopic (exact) mass is 312 g/mol. The van der Waals surface area contributed by atoms with E-state index < -0.39 is 0 Å². The number of para-hydroxylation sites is 1. The number of rotatable bonds is 7. The minimum atomic E-state index is 0.452. The first-order chi connectivity index (χ1) is 11.0. The van der Waals surface area contributed by atoms with Crippen LogP contribution in [0.25, 0.3) is 0 Å². The topological polar surface area (TPSA) is 41.1 Å². The Balaban J connectivity index is 2.24. The number of unbranched alkanes of at least 4 members (excludes halogenated alkanes) is 1. The highest BCUT2D eigenvalue weighted by Gasteiger charge is 2.11. The van der Waals surface area contributed by atoms with E-state index in [2.05, 4.69) is 73.1 Å². The van der Waals surface area contributed by atoms with Crippen LogP contribution in [0, 0.1) is 6.92 Å². The lowest BCUT2D eigenvalue weighted by Gasteiger charge is -2.19. The molecule has 2 aromatic rings. The van der Waals surface area contributed by atoms with Gasteiger partial charge in [0.15, 0.2) is 0 Å². The second-order valence-electron chi connectivity index (χ2n) is 6.33. The number of nitrogens with zero attached hydrogens (tertiary/aromatic N) is 3. The summed E-state index contributed by atoms with van der Waals surface area (Å²) >= 11 is 0. The zero-order valence-corrected chi connectivity index (χ0v) is 14.9. The predicted octanol–water partition coefficient (Wildman–Crippen LogP) is 4.89. The molecule has 1 N–H and O–H groups in total. The van der Waals surface area contributed by atoms with Crippen LogP contribution in [-0.4, -0.2) is 23.6 Å². The average Bonchev–Trinajstić information content (AvgIpc) is 2.54. The fourth-order valence-corrected chi connectivity index (χ4v) is 2.59. The van der Waals surface area contributed by atoms with Gasteiger partial charge in [-0.15, -0.1) is 0 Å². The molecule has 0 bridgehead atoms. The predicted molar refractivity (Wildman–Crippen MR) is 98.8 cm³/mol. The zero-order valence-electron chi connectivity index (χ0n) is 14.9. The Labute approximate surface area is 140 Å². The third-order valence-corrected chi connectivity index (χ3v) is 4.04. The molecule has 0 spiro atoms. The summed E-state index contributed by atoms with van der Waals surface area (Å²) in [7, 11) is 2.08. The molecule has 0 saturated heterocycles. The third-order valence-electron chi connectivity index (χ3n) is 4.04. The van der Waals surface area contributed by atoms with Crippen LogP contribution in [0.5, 0.6) is 0 Å². The lowest BCUT2D eigenvalue weighted by molar-refractivity contribution is 0.758. The van der Waals surface area contributed by atoms with Crippen LogP contribution < -0.4 is 10.2 Å². The molecule has 1 heterocycles. The highest BCUT2D eigenvalue weighted by Crippen LogP contribution is 2.29. The molecule has 0 aliphatic heterocycles.